The highest BCUT2D eigenvalue weighted by molar-refractivity contribution is 6.30. The van der Waals surface area contributed by atoms with E-state index < -0.39 is 0 Å². The maximum atomic E-state index is 12.0. The van der Waals surface area contributed by atoms with Gasteiger partial charge in [0.2, 0.25) is 0 Å². The summed E-state index contributed by atoms with van der Waals surface area (Å²) in [7, 11) is 0. The molecule has 1 fully saturated rings. The second kappa shape index (κ2) is 4.56. The van der Waals surface area contributed by atoms with Gasteiger partial charge in [-0.2, -0.15) is 5.26 Å². The van der Waals surface area contributed by atoms with Crippen LogP contribution >= 0.6 is 11.6 Å². The Labute approximate surface area is 115 Å². The lowest BCUT2D eigenvalue weighted by Gasteiger charge is -2.07. The average Bonchev–Trinajstić information content (AvgIpc) is 3.23. The van der Waals surface area contributed by atoms with Crippen molar-refractivity contribution in [1.29, 1.82) is 5.26 Å². The molecular weight excluding hydrogens is 260 g/mol. The Hall–Kier alpha value is -2.05. The van der Waals surface area contributed by atoms with Crippen LogP contribution in [0.1, 0.15) is 30.0 Å². The molecule has 1 heterocycles. The van der Waals surface area contributed by atoms with Gasteiger partial charge in [-0.15, -0.1) is 0 Å². The number of nitrogens with one attached hydrogen (secondary N) is 1. The Morgan fingerprint density at radius 3 is 2.53 bits per heavy atom. The normalized spacial score (nSPS) is 14.1. The van der Waals surface area contributed by atoms with Crippen molar-refractivity contribution in [3.63, 3.8) is 0 Å². The van der Waals surface area contributed by atoms with Gasteiger partial charge in [0.1, 0.15) is 11.6 Å². The number of nitrogens with zero attached hydrogens (tertiary/aromatic N) is 1. The summed E-state index contributed by atoms with van der Waals surface area (Å²) < 4.78 is 0. The van der Waals surface area contributed by atoms with Crippen molar-refractivity contribution >= 4 is 11.6 Å². The zero-order valence-corrected chi connectivity index (χ0v) is 10.9. The molecule has 1 aliphatic carbocycles. The Bertz CT molecular complexity index is 721. The summed E-state index contributed by atoms with van der Waals surface area (Å²) in [6.45, 7) is 0. The highest BCUT2D eigenvalue weighted by atomic mass is 35.5. The quantitative estimate of drug-likeness (QED) is 0.909. The van der Waals surface area contributed by atoms with E-state index in [-0.39, 0.29) is 11.1 Å². The molecule has 1 saturated carbocycles. The molecular formula is C15H11ClN2O. The number of H-pyrrole nitrogens is 1. The number of benzene rings is 1. The minimum absolute atomic E-state index is 0.159. The van der Waals surface area contributed by atoms with Crippen molar-refractivity contribution < 1.29 is 0 Å². The second-order valence-corrected chi connectivity index (χ2v) is 5.17. The second-order valence-electron chi connectivity index (χ2n) is 4.74. The molecule has 94 valence electrons. The number of halogens is 1. The lowest BCUT2D eigenvalue weighted by molar-refractivity contribution is 0.996. The Morgan fingerprint density at radius 2 is 1.95 bits per heavy atom. The number of hydrogen-bond acceptors (Lipinski definition) is 2. The molecule has 0 unspecified atom stereocenters. The van der Waals surface area contributed by atoms with Crippen molar-refractivity contribution in [2.45, 2.75) is 18.8 Å². The Morgan fingerprint density at radius 1 is 1.26 bits per heavy atom. The molecule has 1 aromatic carbocycles. The van der Waals surface area contributed by atoms with Gasteiger partial charge in [-0.1, -0.05) is 23.7 Å². The molecule has 0 saturated heterocycles. The monoisotopic (exact) mass is 270 g/mol. The van der Waals surface area contributed by atoms with E-state index in [9.17, 15) is 4.79 Å². The van der Waals surface area contributed by atoms with Gasteiger partial charge >= 0.3 is 0 Å². The summed E-state index contributed by atoms with van der Waals surface area (Å²) in [6, 6.07) is 11.1. The fraction of sp³-hybridized carbons (Fsp3) is 0.200. The van der Waals surface area contributed by atoms with Crippen LogP contribution in [-0.4, -0.2) is 4.98 Å². The lowest BCUT2D eigenvalue weighted by atomic mass is 10.00. The van der Waals surface area contributed by atoms with E-state index in [2.05, 4.69) is 4.98 Å². The molecule has 1 aliphatic rings. The van der Waals surface area contributed by atoms with Crippen molar-refractivity contribution in [2.75, 3.05) is 0 Å². The smallest absolute Gasteiger partial charge is 0.266 e. The first-order chi connectivity index (χ1) is 9.19. The first-order valence-corrected chi connectivity index (χ1v) is 6.50. The van der Waals surface area contributed by atoms with Crippen LogP contribution in [0.2, 0.25) is 5.02 Å². The van der Waals surface area contributed by atoms with E-state index >= 15 is 0 Å². The summed E-state index contributed by atoms with van der Waals surface area (Å²) in [5.41, 5.74) is 2.30. The van der Waals surface area contributed by atoms with Crippen LogP contribution in [0, 0.1) is 11.3 Å². The fourth-order valence-electron chi connectivity index (χ4n) is 2.16. The van der Waals surface area contributed by atoms with Crippen molar-refractivity contribution in [1.82, 2.24) is 4.98 Å². The molecule has 1 N–H and O–H groups in total. The highest BCUT2D eigenvalue weighted by Gasteiger charge is 2.26. The summed E-state index contributed by atoms with van der Waals surface area (Å²) >= 11 is 5.86. The van der Waals surface area contributed by atoms with Crippen LogP contribution in [0.5, 0.6) is 0 Å². The van der Waals surface area contributed by atoms with Crippen LogP contribution in [0.4, 0.5) is 0 Å². The molecule has 0 spiro atoms. The van der Waals surface area contributed by atoms with Gasteiger partial charge in [0.25, 0.3) is 5.56 Å². The minimum atomic E-state index is -0.308. The van der Waals surface area contributed by atoms with Gasteiger partial charge in [-0.3, -0.25) is 4.79 Å². The number of hydrogen-bond donors (Lipinski definition) is 1. The van der Waals surface area contributed by atoms with Gasteiger partial charge in [-0.05, 0) is 42.5 Å². The van der Waals surface area contributed by atoms with Crippen LogP contribution in [0.3, 0.4) is 0 Å². The summed E-state index contributed by atoms with van der Waals surface area (Å²) in [5.74, 6) is 0.437. The third-order valence-electron chi connectivity index (χ3n) is 3.34. The highest BCUT2D eigenvalue weighted by Crippen LogP contribution is 2.40. The first kappa shape index (κ1) is 12.0. The number of rotatable bonds is 2. The van der Waals surface area contributed by atoms with Gasteiger partial charge in [0.05, 0.1) is 0 Å². The van der Waals surface area contributed by atoms with Crippen LogP contribution < -0.4 is 5.56 Å². The van der Waals surface area contributed by atoms with Gasteiger partial charge in [0, 0.05) is 16.3 Å². The van der Waals surface area contributed by atoms with Gasteiger partial charge in [0.15, 0.2) is 0 Å². The summed E-state index contributed by atoms with van der Waals surface area (Å²) in [4.78, 5) is 14.8. The first-order valence-electron chi connectivity index (χ1n) is 6.12. The molecule has 3 nitrogen and oxygen atoms in total. The van der Waals surface area contributed by atoms with Crippen LogP contribution in [0.25, 0.3) is 11.1 Å². The van der Waals surface area contributed by atoms with E-state index in [4.69, 9.17) is 16.9 Å². The van der Waals surface area contributed by atoms with Gasteiger partial charge < -0.3 is 4.98 Å². The summed E-state index contributed by atoms with van der Waals surface area (Å²) in [5, 5.41) is 9.80. The number of aromatic amines is 1. The minimum Gasteiger partial charge on any atom is -0.325 e. The van der Waals surface area contributed by atoms with Gasteiger partial charge in [-0.25, -0.2) is 0 Å². The van der Waals surface area contributed by atoms with E-state index in [0.29, 0.717) is 16.5 Å². The topological polar surface area (TPSA) is 56.6 Å². The largest absolute Gasteiger partial charge is 0.325 e. The van der Waals surface area contributed by atoms with Crippen molar-refractivity contribution in [3.8, 4) is 17.2 Å². The number of aromatic nitrogens is 1. The van der Waals surface area contributed by atoms with Crippen molar-refractivity contribution in [3.05, 3.63) is 57.0 Å². The number of pyridine rings is 1. The molecule has 0 bridgehead atoms. The predicted molar refractivity (Wildman–Crippen MR) is 74.2 cm³/mol. The van der Waals surface area contributed by atoms with Crippen LogP contribution in [0.15, 0.2) is 35.1 Å². The zero-order valence-electron chi connectivity index (χ0n) is 10.1. The van der Waals surface area contributed by atoms with E-state index in [1.165, 1.54) is 0 Å². The fourth-order valence-corrected chi connectivity index (χ4v) is 2.29. The molecule has 0 amide bonds. The SMILES string of the molecule is N#Cc1c(-c2ccc(Cl)cc2)cc(C2CC2)[nH]c1=O. The zero-order chi connectivity index (χ0) is 13.4. The standard InChI is InChI=1S/C15H11ClN2O/c16-11-5-3-9(4-6-11)12-7-14(10-1-2-10)18-15(19)13(12)8-17/h3-7,10H,1-2H2,(H,18,19). The number of nitriles is 1. The molecule has 4 heteroatoms. The summed E-state index contributed by atoms with van der Waals surface area (Å²) in [6.07, 6.45) is 2.20. The molecule has 19 heavy (non-hydrogen) atoms. The van der Waals surface area contributed by atoms with E-state index in [0.717, 1.165) is 24.1 Å². The molecule has 2 aromatic rings. The maximum Gasteiger partial charge on any atom is 0.266 e. The Balaban J connectivity index is 2.20. The molecule has 1 aromatic heterocycles. The average molecular weight is 271 g/mol. The van der Waals surface area contributed by atoms with E-state index in [1.807, 2.05) is 24.3 Å². The molecule has 3 rings (SSSR count). The van der Waals surface area contributed by atoms with Crippen LogP contribution in [-0.2, 0) is 0 Å². The Kier molecular flexibility index (Phi) is 2.88. The third-order valence-corrected chi connectivity index (χ3v) is 3.59. The van der Waals surface area contributed by atoms with E-state index in [1.54, 1.807) is 12.1 Å². The molecule has 0 aliphatic heterocycles. The van der Waals surface area contributed by atoms with Crippen molar-refractivity contribution in [2.24, 2.45) is 0 Å². The maximum absolute atomic E-state index is 12.0. The molecule has 0 radical (unpaired) electrons. The lowest BCUT2D eigenvalue weighted by Crippen LogP contribution is -2.13. The third kappa shape index (κ3) is 2.27. The molecule has 0 atom stereocenters. The predicted octanol–water partition coefficient (Wildman–Crippen LogP) is 3.44.